The van der Waals surface area contributed by atoms with E-state index in [1.54, 1.807) is 65.8 Å². The fraction of sp³-hybridized carbons (Fsp3) is 0.348. The van der Waals surface area contributed by atoms with E-state index in [2.05, 4.69) is 15.0 Å². The summed E-state index contributed by atoms with van der Waals surface area (Å²) in [5.74, 6) is -0.157. The zero-order valence-electron chi connectivity index (χ0n) is 19.4. The highest BCUT2D eigenvalue weighted by Gasteiger charge is 2.35. The van der Waals surface area contributed by atoms with Crippen LogP contribution in [0.2, 0.25) is 15.2 Å². The number of carbonyl (C=O) groups excluding carboxylic acids is 2. The normalized spacial score (nSPS) is 11.9. The van der Waals surface area contributed by atoms with Gasteiger partial charge < -0.3 is 9.47 Å². The first-order chi connectivity index (χ1) is 15.7. The lowest BCUT2D eigenvalue weighted by Crippen LogP contribution is -2.44. The van der Waals surface area contributed by atoms with E-state index in [1.807, 2.05) is 0 Å². The van der Waals surface area contributed by atoms with Crippen molar-refractivity contribution in [3.05, 3.63) is 45.8 Å². The minimum absolute atomic E-state index is 0.0583. The van der Waals surface area contributed by atoms with E-state index in [-0.39, 0.29) is 27.0 Å². The van der Waals surface area contributed by atoms with Gasteiger partial charge in [0.05, 0.1) is 10.0 Å². The number of amides is 2. The lowest BCUT2D eigenvalue weighted by Gasteiger charge is -2.28. The summed E-state index contributed by atoms with van der Waals surface area (Å²) < 4.78 is 10.9. The first-order valence-electron chi connectivity index (χ1n) is 10.2. The van der Waals surface area contributed by atoms with Crippen molar-refractivity contribution in [2.75, 3.05) is 4.90 Å². The van der Waals surface area contributed by atoms with Gasteiger partial charge in [-0.05, 0) is 53.7 Å². The third kappa shape index (κ3) is 5.87. The van der Waals surface area contributed by atoms with Crippen molar-refractivity contribution in [2.45, 2.75) is 52.7 Å². The Morgan fingerprint density at radius 2 is 1.44 bits per heavy atom. The molecule has 0 spiro atoms. The largest absolute Gasteiger partial charge is 0.443 e. The molecule has 0 N–H and O–H groups in total. The number of pyridine rings is 1. The van der Waals surface area contributed by atoms with Gasteiger partial charge in [-0.15, -0.1) is 0 Å². The minimum atomic E-state index is -0.995. The van der Waals surface area contributed by atoms with Gasteiger partial charge in [-0.1, -0.05) is 46.9 Å². The van der Waals surface area contributed by atoms with Gasteiger partial charge in [0, 0.05) is 11.1 Å². The summed E-state index contributed by atoms with van der Waals surface area (Å²) in [4.78, 5) is 39.7. The molecule has 0 aliphatic heterocycles. The molecule has 3 aromatic rings. The maximum Gasteiger partial charge on any atom is 0.425 e. The maximum atomic E-state index is 13.1. The van der Waals surface area contributed by atoms with Gasteiger partial charge in [-0.25, -0.2) is 24.5 Å². The summed E-state index contributed by atoms with van der Waals surface area (Å²) in [6.07, 6.45) is -0.798. The molecule has 34 heavy (non-hydrogen) atoms. The Balaban J connectivity index is 2.28. The van der Waals surface area contributed by atoms with Gasteiger partial charge >= 0.3 is 12.2 Å². The first kappa shape index (κ1) is 25.9. The van der Waals surface area contributed by atoms with E-state index < -0.39 is 23.4 Å². The van der Waals surface area contributed by atoms with Crippen LogP contribution in [0.3, 0.4) is 0 Å². The molecule has 8 nitrogen and oxygen atoms in total. The van der Waals surface area contributed by atoms with Gasteiger partial charge in [0.25, 0.3) is 0 Å². The van der Waals surface area contributed by atoms with Crippen molar-refractivity contribution in [3.8, 4) is 11.1 Å². The Labute approximate surface area is 212 Å². The van der Waals surface area contributed by atoms with Crippen molar-refractivity contribution in [2.24, 2.45) is 0 Å². The van der Waals surface area contributed by atoms with Crippen LogP contribution in [-0.4, -0.2) is 38.3 Å². The second-order valence-electron chi connectivity index (χ2n) is 9.28. The summed E-state index contributed by atoms with van der Waals surface area (Å²) in [7, 11) is 0. The van der Waals surface area contributed by atoms with Gasteiger partial charge in [0.1, 0.15) is 33.7 Å². The summed E-state index contributed by atoms with van der Waals surface area (Å²) in [6, 6.07) is 6.66. The van der Waals surface area contributed by atoms with Crippen LogP contribution < -0.4 is 4.90 Å². The standard InChI is InChI=1S/C23H23Cl3N4O4/c1-22(2,3)33-20(31)30(21(32)34-23(4,5)6)19-18-17(27-11-28-19)13(10-15(25)29-18)12-8-7-9-14(24)16(12)26/h7-11H,1-6H3. The SMILES string of the molecule is CC(C)(C)OC(=O)N(C(=O)OC(C)(C)C)c1ncnc2c(-c3cccc(Cl)c3Cl)cc(Cl)nc12. The molecular weight excluding hydrogens is 503 g/mol. The lowest BCUT2D eigenvalue weighted by atomic mass is 10.0. The molecule has 11 heteroatoms. The fourth-order valence-corrected chi connectivity index (χ4v) is 3.54. The zero-order valence-corrected chi connectivity index (χ0v) is 21.7. The molecule has 0 atom stereocenters. The predicted molar refractivity (Wildman–Crippen MR) is 133 cm³/mol. The molecular formula is C23H23Cl3N4O4. The number of hydrogen-bond acceptors (Lipinski definition) is 7. The van der Waals surface area contributed by atoms with E-state index in [9.17, 15) is 9.59 Å². The Kier molecular flexibility index (Phi) is 7.26. The van der Waals surface area contributed by atoms with Crippen LogP contribution in [0.15, 0.2) is 30.6 Å². The van der Waals surface area contributed by atoms with Crippen LogP contribution in [0.5, 0.6) is 0 Å². The van der Waals surface area contributed by atoms with Gasteiger partial charge in [-0.3, -0.25) is 0 Å². The summed E-state index contributed by atoms with van der Waals surface area (Å²) >= 11 is 19.0. The summed E-state index contributed by atoms with van der Waals surface area (Å²) in [6.45, 7) is 10.0. The number of fused-ring (bicyclic) bond motifs is 1. The Morgan fingerprint density at radius 1 is 0.853 bits per heavy atom. The summed E-state index contributed by atoms with van der Waals surface area (Å²) in [5.41, 5.74) is -0.419. The van der Waals surface area contributed by atoms with Crippen LogP contribution in [-0.2, 0) is 9.47 Å². The van der Waals surface area contributed by atoms with E-state index in [0.717, 1.165) is 0 Å². The smallest absolute Gasteiger partial charge is 0.425 e. The average Bonchev–Trinajstić information content (AvgIpc) is 2.67. The van der Waals surface area contributed by atoms with Crippen molar-refractivity contribution in [3.63, 3.8) is 0 Å². The number of aromatic nitrogens is 3. The second kappa shape index (κ2) is 9.52. The van der Waals surface area contributed by atoms with Crippen LogP contribution in [0.4, 0.5) is 15.4 Å². The number of benzene rings is 1. The van der Waals surface area contributed by atoms with Gasteiger partial charge in [-0.2, -0.15) is 4.90 Å². The van der Waals surface area contributed by atoms with Crippen molar-refractivity contribution in [1.29, 1.82) is 0 Å². The van der Waals surface area contributed by atoms with E-state index in [0.29, 0.717) is 21.0 Å². The second-order valence-corrected chi connectivity index (χ2v) is 10.5. The van der Waals surface area contributed by atoms with Crippen LogP contribution in [0.25, 0.3) is 22.2 Å². The molecule has 0 bridgehead atoms. The lowest BCUT2D eigenvalue weighted by molar-refractivity contribution is 0.0429. The summed E-state index contributed by atoms with van der Waals surface area (Å²) in [5, 5.41) is 0.672. The number of ether oxygens (including phenoxy) is 2. The topological polar surface area (TPSA) is 94.5 Å². The minimum Gasteiger partial charge on any atom is -0.443 e. The predicted octanol–water partition coefficient (Wildman–Crippen LogP) is 7.33. The number of anilines is 1. The number of hydrogen-bond donors (Lipinski definition) is 0. The van der Waals surface area contributed by atoms with Crippen LogP contribution >= 0.6 is 34.8 Å². The van der Waals surface area contributed by atoms with Crippen LogP contribution in [0.1, 0.15) is 41.5 Å². The monoisotopic (exact) mass is 524 g/mol. The molecule has 2 heterocycles. The zero-order chi connectivity index (χ0) is 25.4. The molecule has 3 rings (SSSR count). The highest BCUT2D eigenvalue weighted by Crippen LogP contribution is 2.39. The van der Waals surface area contributed by atoms with Crippen molar-refractivity contribution in [1.82, 2.24) is 15.0 Å². The number of carbonyl (C=O) groups is 2. The molecule has 0 radical (unpaired) electrons. The molecule has 0 saturated carbocycles. The highest BCUT2D eigenvalue weighted by atomic mass is 35.5. The van der Waals surface area contributed by atoms with Crippen LogP contribution in [0, 0.1) is 0 Å². The van der Waals surface area contributed by atoms with Gasteiger partial charge in [0.2, 0.25) is 0 Å². The number of imide groups is 1. The highest BCUT2D eigenvalue weighted by molar-refractivity contribution is 6.44. The molecule has 180 valence electrons. The third-order valence-electron chi connectivity index (χ3n) is 4.15. The van der Waals surface area contributed by atoms with E-state index in [4.69, 9.17) is 44.3 Å². The number of halogens is 3. The quantitative estimate of drug-likeness (QED) is 0.323. The Morgan fingerprint density at radius 3 is 2.00 bits per heavy atom. The molecule has 2 amide bonds. The number of rotatable bonds is 2. The molecule has 0 aliphatic rings. The first-order valence-corrected chi connectivity index (χ1v) is 11.3. The molecule has 0 aliphatic carbocycles. The molecule has 0 saturated heterocycles. The van der Waals surface area contributed by atoms with E-state index >= 15 is 0 Å². The average molecular weight is 526 g/mol. The van der Waals surface area contributed by atoms with Gasteiger partial charge in [0.15, 0.2) is 5.82 Å². The fourth-order valence-electron chi connectivity index (χ4n) is 2.94. The molecule has 0 unspecified atom stereocenters. The number of nitrogens with zero attached hydrogens (tertiary/aromatic N) is 4. The van der Waals surface area contributed by atoms with Crippen molar-refractivity contribution < 1.29 is 19.1 Å². The molecule has 0 fully saturated rings. The Hall–Kier alpha value is -2.68. The maximum absolute atomic E-state index is 13.1. The molecule has 1 aromatic carbocycles. The third-order valence-corrected chi connectivity index (χ3v) is 5.16. The molecule has 2 aromatic heterocycles. The van der Waals surface area contributed by atoms with Crippen molar-refractivity contribution >= 4 is 63.8 Å². The Bertz CT molecular complexity index is 1240. The van der Waals surface area contributed by atoms with E-state index in [1.165, 1.54) is 6.33 Å².